The minimum absolute atomic E-state index is 0.00407. The van der Waals surface area contributed by atoms with Gasteiger partial charge in [0.2, 0.25) is 5.91 Å². The minimum atomic E-state index is -0.601. The van der Waals surface area contributed by atoms with Gasteiger partial charge in [-0.3, -0.25) is 14.9 Å². The third-order valence-corrected chi connectivity index (χ3v) is 2.35. The maximum absolute atomic E-state index is 11.4. The highest BCUT2D eigenvalue weighted by Gasteiger charge is 2.14. The van der Waals surface area contributed by atoms with Crippen molar-refractivity contribution >= 4 is 11.6 Å². The van der Waals surface area contributed by atoms with Crippen molar-refractivity contribution in [3.63, 3.8) is 0 Å². The van der Waals surface area contributed by atoms with Crippen molar-refractivity contribution < 1.29 is 9.72 Å². The topological polar surface area (TPSA) is 98.3 Å². The Morgan fingerprint density at radius 2 is 2.12 bits per heavy atom. The quantitative estimate of drug-likeness (QED) is 0.605. The van der Waals surface area contributed by atoms with Crippen LogP contribution in [-0.2, 0) is 4.79 Å². The monoisotopic (exact) mass is 237 g/mol. The fraction of sp³-hybridized carbons (Fsp3) is 0.364. The molecule has 0 aliphatic rings. The first-order valence-electron chi connectivity index (χ1n) is 5.22. The number of nitrogens with one attached hydrogen (secondary N) is 1. The summed E-state index contributed by atoms with van der Waals surface area (Å²) in [4.78, 5) is 21.5. The minimum Gasteiger partial charge on any atom is -0.348 e. The van der Waals surface area contributed by atoms with Crippen LogP contribution in [0.5, 0.6) is 0 Å². The van der Waals surface area contributed by atoms with Gasteiger partial charge in [0.15, 0.2) is 0 Å². The molecule has 2 atom stereocenters. The lowest BCUT2D eigenvalue weighted by atomic mass is 10.1. The molecule has 17 heavy (non-hydrogen) atoms. The first-order chi connectivity index (χ1) is 7.91. The summed E-state index contributed by atoms with van der Waals surface area (Å²) in [5.74, 6) is -0.288. The van der Waals surface area contributed by atoms with Crippen LogP contribution in [0.1, 0.15) is 25.5 Å². The number of benzene rings is 1. The highest BCUT2D eigenvalue weighted by molar-refractivity contribution is 5.81. The van der Waals surface area contributed by atoms with E-state index in [-0.39, 0.29) is 17.6 Å². The van der Waals surface area contributed by atoms with Crippen LogP contribution in [0.3, 0.4) is 0 Å². The second-order valence-electron chi connectivity index (χ2n) is 3.87. The fourth-order valence-corrected chi connectivity index (χ4v) is 1.34. The van der Waals surface area contributed by atoms with E-state index in [0.29, 0.717) is 5.56 Å². The van der Waals surface area contributed by atoms with Gasteiger partial charge in [-0.05, 0) is 19.4 Å². The van der Waals surface area contributed by atoms with Gasteiger partial charge >= 0.3 is 0 Å². The number of nitro groups is 1. The lowest BCUT2D eigenvalue weighted by Gasteiger charge is -2.15. The van der Waals surface area contributed by atoms with Crippen LogP contribution in [0, 0.1) is 10.1 Å². The lowest BCUT2D eigenvalue weighted by molar-refractivity contribution is -0.384. The first-order valence-corrected chi connectivity index (χ1v) is 5.22. The molecule has 0 heterocycles. The maximum Gasteiger partial charge on any atom is 0.269 e. The fourth-order valence-electron chi connectivity index (χ4n) is 1.34. The molecule has 3 N–H and O–H groups in total. The van der Waals surface area contributed by atoms with E-state index in [2.05, 4.69) is 5.32 Å². The van der Waals surface area contributed by atoms with E-state index in [0.717, 1.165) is 0 Å². The molecule has 0 aliphatic heterocycles. The largest absolute Gasteiger partial charge is 0.348 e. The Balaban J connectivity index is 2.82. The molecule has 1 unspecified atom stereocenters. The van der Waals surface area contributed by atoms with Gasteiger partial charge in [0.25, 0.3) is 5.69 Å². The summed E-state index contributed by atoms with van der Waals surface area (Å²) in [6, 6.07) is 5.24. The zero-order valence-corrected chi connectivity index (χ0v) is 9.71. The predicted octanol–water partition coefficient (Wildman–Crippen LogP) is 1.12. The normalized spacial score (nSPS) is 13.8. The predicted molar refractivity (Wildman–Crippen MR) is 63.3 cm³/mol. The number of rotatable bonds is 4. The van der Waals surface area contributed by atoms with Gasteiger partial charge in [0.05, 0.1) is 17.0 Å². The first kappa shape index (κ1) is 13.1. The van der Waals surface area contributed by atoms with Gasteiger partial charge in [0, 0.05) is 12.1 Å². The molecule has 1 aromatic carbocycles. The summed E-state index contributed by atoms with van der Waals surface area (Å²) in [5, 5.41) is 13.3. The third-order valence-electron chi connectivity index (χ3n) is 2.35. The molecule has 0 spiro atoms. The number of carbonyl (C=O) groups excluding carboxylic acids is 1. The molecule has 92 valence electrons. The second kappa shape index (κ2) is 5.40. The Bertz CT molecular complexity index is 432. The molecule has 1 aromatic rings. The van der Waals surface area contributed by atoms with Crippen molar-refractivity contribution in [1.82, 2.24) is 5.32 Å². The Kier molecular flexibility index (Phi) is 4.17. The highest BCUT2D eigenvalue weighted by Crippen LogP contribution is 2.18. The molecule has 6 heteroatoms. The van der Waals surface area contributed by atoms with E-state index in [1.54, 1.807) is 26.0 Å². The number of nitrogens with two attached hydrogens (primary N) is 1. The van der Waals surface area contributed by atoms with Gasteiger partial charge in [-0.15, -0.1) is 0 Å². The van der Waals surface area contributed by atoms with Crippen LogP contribution in [0.15, 0.2) is 24.3 Å². The smallest absolute Gasteiger partial charge is 0.269 e. The van der Waals surface area contributed by atoms with Crippen molar-refractivity contribution in [3.8, 4) is 0 Å². The van der Waals surface area contributed by atoms with Crippen molar-refractivity contribution in [2.45, 2.75) is 25.9 Å². The van der Waals surface area contributed by atoms with Crippen LogP contribution in [0.25, 0.3) is 0 Å². The Morgan fingerprint density at radius 1 is 1.47 bits per heavy atom. The van der Waals surface area contributed by atoms with E-state index < -0.39 is 11.0 Å². The molecule has 0 aliphatic carbocycles. The zero-order valence-electron chi connectivity index (χ0n) is 9.71. The summed E-state index contributed by atoms with van der Waals surface area (Å²) in [5.41, 5.74) is 6.10. The van der Waals surface area contributed by atoms with Gasteiger partial charge in [0.1, 0.15) is 0 Å². The number of hydrogen-bond donors (Lipinski definition) is 2. The molecule has 1 amide bonds. The number of amides is 1. The number of carbonyl (C=O) groups is 1. The van der Waals surface area contributed by atoms with Gasteiger partial charge in [-0.25, -0.2) is 0 Å². The summed E-state index contributed by atoms with van der Waals surface area (Å²) >= 11 is 0. The third kappa shape index (κ3) is 3.53. The van der Waals surface area contributed by atoms with E-state index >= 15 is 0 Å². The van der Waals surface area contributed by atoms with Crippen molar-refractivity contribution in [2.24, 2.45) is 5.73 Å². The molecule has 1 rings (SSSR count). The molecular formula is C11H15N3O3. The average molecular weight is 237 g/mol. The molecule has 0 radical (unpaired) electrons. The number of hydrogen-bond acceptors (Lipinski definition) is 4. The number of non-ortho nitro benzene ring substituents is 1. The van der Waals surface area contributed by atoms with Crippen molar-refractivity contribution in [2.75, 3.05) is 0 Å². The van der Waals surface area contributed by atoms with Crippen LogP contribution >= 0.6 is 0 Å². The zero-order chi connectivity index (χ0) is 13.0. The molecule has 0 saturated heterocycles. The summed E-state index contributed by atoms with van der Waals surface area (Å²) in [6.45, 7) is 3.33. The number of nitrogens with zero attached hydrogens (tertiary/aromatic N) is 1. The molecule has 6 nitrogen and oxygen atoms in total. The van der Waals surface area contributed by atoms with E-state index in [1.807, 2.05) is 0 Å². The van der Waals surface area contributed by atoms with Gasteiger partial charge < -0.3 is 11.1 Å². The second-order valence-corrected chi connectivity index (χ2v) is 3.87. The Hall–Kier alpha value is -1.95. The van der Waals surface area contributed by atoms with Gasteiger partial charge in [-0.2, -0.15) is 0 Å². The maximum atomic E-state index is 11.4. The van der Waals surface area contributed by atoms with Crippen LogP contribution in [0.2, 0.25) is 0 Å². The van der Waals surface area contributed by atoms with Crippen LogP contribution in [0.4, 0.5) is 5.69 Å². The summed E-state index contributed by atoms with van der Waals surface area (Å²) in [6.07, 6.45) is 0. The van der Waals surface area contributed by atoms with E-state index in [9.17, 15) is 14.9 Å². The summed E-state index contributed by atoms with van der Waals surface area (Å²) in [7, 11) is 0. The molecular weight excluding hydrogens is 222 g/mol. The average Bonchev–Trinajstić information content (AvgIpc) is 2.28. The SMILES string of the molecule is CC(NC(=O)[C@H](C)N)c1cccc([N+](=O)[O-])c1. The van der Waals surface area contributed by atoms with Crippen LogP contribution < -0.4 is 11.1 Å². The van der Waals surface area contributed by atoms with Crippen molar-refractivity contribution in [1.29, 1.82) is 0 Å². The van der Waals surface area contributed by atoms with E-state index in [1.165, 1.54) is 12.1 Å². The van der Waals surface area contributed by atoms with Crippen molar-refractivity contribution in [3.05, 3.63) is 39.9 Å². The van der Waals surface area contributed by atoms with Crippen LogP contribution in [-0.4, -0.2) is 16.9 Å². The highest BCUT2D eigenvalue weighted by atomic mass is 16.6. The van der Waals surface area contributed by atoms with E-state index in [4.69, 9.17) is 5.73 Å². The lowest BCUT2D eigenvalue weighted by Crippen LogP contribution is -2.39. The molecule has 0 saturated carbocycles. The Morgan fingerprint density at radius 3 is 2.65 bits per heavy atom. The standard InChI is InChI=1S/C11H15N3O3/c1-7(12)11(15)13-8(2)9-4-3-5-10(6-9)14(16)17/h3-8H,12H2,1-2H3,(H,13,15)/t7-,8?/m0/s1. The molecule has 0 fully saturated rings. The van der Waals surface area contributed by atoms with Gasteiger partial charge in [-0.1, -0.05) is 12.1 Å². The number of nitro benzene ring substituents is 1. The molecule has 0 aromatic heterocycles. The Labute approximate surface area is 99.0 Å². The molecule has 0 bridgehead atoms. The summed E-state index contributed by atoms with van der Waals surface area (Å²) < 4.78 is 0.